The third kappa shape index (κ3) is 4.14. The molecule has 0 aliphatic carbocycles. The van der Waals surface area contributed by atoms with E-state index in [2.05, 4.69) is 15.2 Å². The molecule has 2 atom stereocenters. The topological polar surface area (TPSA) is 92.3 Å². The van der Waals surface area contributed by atoms with Crippen LogP contribution in [0.15, 0.2) is 73.6 Å². The van der Waals surface area contributed by atoms with E-state index in [0.717, 1.165) is 11.8 Å². The molecule has 9 nitrogen and oxygen atoms in total. The van der Waals surface area contributed by atoms with E-state index >= 15 is 0 Å². The molecule has 2 amide bonds. The molecule has 0 saturated carbocycles. The molecule has 1 fully saturated rings. The molecule has 5 rings (SSSR count). The molecule has 3 heterocycles. The smallest absolute Gasteiger partial charge is 0.324 e. The van der Waals surface area contributed by atoms with Crippen molar-refractivity contribution in [2.24, 2.45) is 0 Å². The summed E-state index contributed by atoms with van der Waals surface area (Å²) in [7, 11) is 0. The van der Waals surface area contributed by atoms with Crippen LogP contribution in [-0.2, 0) is 12.1 Å². The van der Waals surface area contributed by atoms with Crippen LogP contribution < -0.4 is 4.90 Å². The van der Waals surface area contributed by atoms with E-state index in [1.165, 1.54) is 28.3 Å². The molecular weight excluding hydrogens is 456 g/mol. The van der Waals surface area contributed by atoms with Gasteiger partial charge in [0.1, 0.15) is 29.9 Å². The fraction of sp³-hybridized carbons (Fsp3) is 0.250. The van der Waals surface area contributed by atoms with Gasteiger partial charge in [0.2, 0.25) is 0 Å². The van der Waals surface area contributed by atoms with Crippen molar-refractivity contribution in [1.29, 1.82) is 0 Å². The van der Waals surface area contributed by atoms with E-state index in [0.29, 0.717) is 24.8 Å². The Labute approximate surface area is 199 Å². The van der Waals surface area contributed by atoms with Crippen molar-refractivity contribution in [1.82, 2.24) is 29.4 Å². The molecule has 35 heavy (non-hydrogen) atoms. The lowest BCUT2D eigenvalue weighted by atomic mass is 9.85. The van der Waals surface area contributed by atoms with Gasteiger partial charge in [0.25, 0.3) is 0 Å². The molecule has 0 spiro atoms. The second-order valence-corrected chi connectivity index (χ2v) is 8.41. The number of carbonyl (C=O) groups excluding carboxylic acids is 1. The lowest BCUT2D eigenvalue weighted by Crippen LogP contribution is -2.53. The second-order valence-electron chi connectivity index (χ2n) is 8.41. The number of benzene rings is 2. The van der Waals surface area contributed by atoms with Gasteiger partial charge in [-0.2, -0.15) is 10.2 Å². The maximum Gasteiger partial charge on any atom is 0.324 e. The summed E-state index contributed by atoms with van der Waals surface area (Å²) >= 11 is 0. The van der Waals surface area contributed by atoms with Crippen molar-refractivity contribution in [2.45, 2.75) is 25.1 Å². The highest BCUT2D eigenvalue weighted by Gasteiger charge is 2.46. The highest BCUT2D eigenvalue weighted by Crippen LogP contribution is 2.35. The Bertz CT molecular complexity index is 1310. The van der Waals surface area contributed by atoms with Crippen molar-refractivity contribution >= 4 is 11.7 Å². The third-order valence-corrected chi connectivity index (χ3v) is 6.40. The first-order valence-electron chi connectivity index (χ1n) is 11.1. The lowest BCUT2D eigenvalue weighted by Gasteiger charge is -2.39. The maximum atomic E-state index is 14.8. The molecule has 180 valence electrons. The van der Waals surface area contributed by atoms with Gasteiger partial charge >= 0.3 is 6.03 Å². The number of amides is 2. The van der Waals surface area contributed by atoms with Crippen LogP contribution in [0.4, 0.5) is 19.3 Å². The molecule has 1 N–H and O–H groups in total. The molecule has 4 aromatic rings. The van der Waals surface area contributed by atoms with Crippen molar-refractivity contribution in [2.75, 3.05) is 18.0 Å². The van der Waals surface area contributed by atoms with E-state index in [9.17, 15) is 18.7 Å². The fourth-order valence-electron chi connectivity index (χ4n) is 4.46. The Morgan fingerprint density at radius 2 is 1.86 bits per heavy atom. The SMILES string of the molecule is CC(N1CCN(c2ccc(-n3cccn3)cc2)C1=O)C(O)(Cn1cncn1)c1ccc(F)cc1F. The van der Waals surface area contributed by atoms with Gasteiger partial charge < -0.3 is 10.0 Å². The van der Waals surface area contributed by atoms with Crippen LogP contribution in [0, 0.1) is 11.6 Å². The molecular formula is C24H23F2N7O2. The molecule has 0 bridgehead atoms. The van der Waals surface area contributed by atoms with E-state index < -0.39 is 23.3 Å². The molecule has 2 unspecified atom stereocenters. The van der Waals surface area contributed by atoms with Gasteiger partial charge in [-0.1, -0.05) is 6.07 Å². The third-order valence-electron chi connectivity index (χ3n) is 6.40. The average molecular weight is 479 g/mol. The van der Waals surface area contributed by atoms with Gasteiger partial charge in [0.05, 0.1) is 18.3 Å². The molecule has 1 aliphatic heterocycles. The summed E-state index contributed by atoms with van der Waals surface area (Å²) in [4.78, 5) is 20.4. The monoisotopic (exact) mass is 479 g/mol. The van der Waals surface area contributed by atoms with Crippen LogP contribution in [0.25, 0.3) is 5.69 Å². The van der Waals surface area contributed by atoms with Crippen LogP contribution in [0.3, 0.4) is 0 Å². The Morgan fingerprint density at radius 3 is 2.51 bits per heavy atom. The van der Waals surface area contributed by atoms with Gasteiger partial charge in [0.15, 0.2) is 0 Å². The van der Waals surface area contributed by atoms with Crippen molar-refractivity contribution < 1.29 is 18.7 Å². The number of carbonyl (C=O) groups is 1. The number of hydrogen-bond acceptors (Lipinski definition) is 5. The van der Waals surface area contributed by atoms with Crippen LogP contribution >= 0.6 is 0 Å². The molecule has 11 heteroatoms. The van der Waals surface area contributed by atoms with Crippen LogP contribution in [0.1, 0.15) is 12.5 Å². The van der Waals surface area contributed by atoms with E-state index in [1.54, 1.807) is 22.7 Å². The van der Waals surface area contributed by atoms with Gasteiger partial charge in [0, 0.05) is 42.8 Å². The van der Waals surface area contributed by atoms with E-state index in [1.807, 2.05) is 36.5 Å². The zero-order chi connectivity index (χ0) is 24.6. The standard InChI is InChI=1S/C24H23F2N7O2/c1-17(24(35,14-30-16-27-15-29-30)21-8-3-18(25)13-22(21)26)31-11-12-32(23(31)34)19-4-6-20(7-5-19)33-10-2-9-28-33/h2-10,13,15-17,35H,11-12,14H2,1H3. The number of aromatic nitrogens is 5. The second kappa shape index (κ2) is 8.91. The number of anilines is 1. The largest absolute Gasteiger partial charge is 0.381 e. The van der Waals surface area contributed by atoms with Gasteiger partial charge in [-0.05, 0) is 43.3 Å². The Kier molecular flexibility index (Phi) is 5.77. The summed E-state index contributed by atoms with van der Waals surface area (Å²) in [6.45, 7) is 2.15. The van der Waals surface area contributed by atoms with Crippen LogP contribution in [0.2, 0.25) is 0 Å². The maximum absolute atomic E-state index is 14.8. The van der Waals surface area contributed by atoms with Crippen LogP contribution in [-0.4, -0.2) is 59.7 Å². The van der Waals surface area contributed by atoms with Crippen molar-refractivity contribution in [3.05, 3.63) is 90.8 Å². The normalized spacial score (nSPS) is 16.5. The Balaban J connectivity index is 1.43. The van der Waals surface area contributed by atoms with E-state index in [4.69, 9.17) is 0 Å². The lowest BCUT2D eigenvalue weighted by molar-refractivity contribution is -0.0475. The summed E-state index contributed by atoms with van der Waals surface area (Å²) in [5, 5.41) is 20.0. The highest BCUT2D eigenvalue weighted by molar-refractivity contribution is 5.94. The number of hydrogen-bond donors (Lipinski definition) is 1. The first kappa shape index (κ1) is 22.7. The molecule has 1 saturated heterocycles. The zero-order valence-corrected chi connectivity index (χ0v) is 18.9. The fourth-order valence-corrected chi connectivity index (χ4v) is 4.46. The summed E-state index contributed by atoms with van der Waals surface area (Å²) in [5.41, 5.74) is -0.490. The minimum absolute atomic E-state index is 0.128. The van der Waals surface area contributed by atoms with Gasteiger partial charge in [-0.15, -0.1) is 0 Å². The number of nitrogens with zero attached hydrogens (tertiary/aromatic N) is 7. The molecule has 0 radical (unpaired) electrons. The van der Waals surface area contributed by atoms with Crippen LogP contribution in [0.5, 0.6) is 0 Å². The first-order valence-corrected chi connectivity index (χ1v) is 11.1. The Morgan fingerprint density at radius 1 is 1.09 bits per heavy atom. The molecule has 2 aromatic heterocycles. The van der Waals surface area contributed by atoms with Gasteiger partial charge in [-0.3, -0.25) is 4.90 Å². The summed E-state index contributed by atoms with van der Waals surface area (Å²) in [6, 6.07) is 11.0. The number of aliphatic hydroxyl groups is 1. The van der Waals surface area contributed by atoms with Crippen molar-refractivity contribution in [3.63, 3.8) is 0 Å². The highest BCUT2D eigenvalue weighted by atomic mass is 19.1. The predicted molar refractivity (Wildman–Crippen MR) is 123 cm³/mol. The van der Waals surface area contributed by atoms with Gasteiger partial charge in [-0.25, -0.2) is 27.9 Å². The average Bonchev–Trinajstić information content (AvgIpc) is 3.61. The number of urea groups is 1. The quantitative estimate of drug-likeness (QED) is 0.440. The molecule has 2 aromatic carbocycles. The Hall–Kier alpha value is -4.12. The van der Waals surface area contributed by atoms with Crippen molar-refractivity contribution in [3.8, 4) is 5.69 Å². The summed E-state index contributed by atoms with van der Waals surface area (Å²) in [6.07, 6.45) is 6.19. The zero-order valence-electron chi connectivity index (χ0n) is 18.9. The summed E-state index contributed by atoms with van der Waals surface area (Å²) < 4.78 is 31.5. The molecule has 1 aliphatic rings. The first-order chi connectivity index (χ1) is 16.9. The predicted octanol–water partition coefficient (Wildman–Crippen LogP) is 2.96. The number of halogens is 2. The van der Waals surface area contributed by atoms with E-state index in [-0.39, 0.29) is 18.1 Å². The number of rotatable bonds is 7. The minimum atomic E-state index is -1.90. The summed E-state index contributed by atoms with van der Waals surface area (Å²) in [5.74, 6) is -1.67. The minimum Gasteiger partial charge on any atom is -0.381 e.